The number of nitrogens with one attached hydrogen (secondary N) is 1. The predicted molar refractivity (Wildman–Crippen MR) is 111 cm³/mol. The lowest BCUT2D eigenvalue weighted by Crippen LogP contribution is -2.20. The summed E-state index contributed by atoms with van der Waals surface area (Å²) in [4.78, 5) is 0. The molecule has 0 radical (unpaired) electrons. The second kappa shape index (κ2) is 7.59. The minimum atomic E-state index is -0.0976. The Kier molecular flexibility index (Phi) is 4.50. The van der Waals surface area contributed by atoms with E-state index in [1.807, 2.05) is 48.5 Å². The van der Waals surface area contributed by atoms with Crippen molar-refractivity contribution in [2.75, 3.05) is 5.32 Å². The first-order valence-electron chi connectivity index (χ1n) is 9.46. The van der Waals surface area contributed by atoms with Crippen molar-refractivity contribution in [1.29, 1.82) is 0 Å². The van der Waals surface area contributed by atoms with Crippen molar-refractivity contribution in [2.45, 2.75) is 12.6 Å². The summed E-state index contributed by atoms with van der Waals surface area (Å²) in [6.07, 6.45) is 2.14. The molecule has 5 rings (SSSR count). The molecule has 0 unspecified atom stereocenters. The number of ether oxygens (including phenoxy) is 1. The van der Waals surface area contributed by atoms with Gasteiger partial charge in [0.15, 0.2) is 0 Å². The Hall–Kier alpha value is -3.93. The first kappa shape index (κ1) is 17.2. The highest BCUT2D eigenvalue weighted by Crippen LogP contribution is 2.32. The Morgan fingerprint density at radius 1 is 0.862 bits per heavy atom. The van der Waals surface area contributed by atoms with Gasteiger partial charge in [-0.3, -0.25) is 0 Å². The fourth-order valence-electron chi connectivity index (χ4n) is 3.38. The summed E-state index contributed by atoms with van der Waals surface area (Å²) >= 11 is 0. The molecule has 0 bridgehead atoms. The topological polar surface area (TPSA) is 64.9 Å². The van der Waals surface area contributed by atoms with Gasteiger partial charge in [-0.25, -0.2) is 0 Å². The summed E-state index contributed by atoms with van der Waals surface area (Å²) in [6, 6.07) is 28.3. The van der Waals surface area contributed by atoms with Gasteiger partial charge in [-0.2, -0.15) is 4.68 Å². The molecule has 0 amide bonds. The number of hydrogen-bond acceptors (Lipinski definition) is 5. The van der Waals surface area contributed by atoms with Gasteiger partial charge in [0.1, 0.15) is 18.4 Å². The van der Waals surface area contributed by atoms with Gasteiger partial charge in [-0.05, 0) is 45.3 Å². The molecule has 6 heteroatoms. The zero-order valence-electron chi connectivity index (χ0n) is 15.6. The number of tetrazole rings is 1. The molecule has 4 aromatic rings. The Balaban J connectivity index is 1.40. The zero-order chi connectivity index (χ0) is 19.5. The number of benzene rings is 3. The maximum absolute atomic E-state index is 5.90. The third-order valence-corrected chi connectivity index (χ3v) is 4.88. The molecule has 2 heterocycles. The number of fused-ring (bicyclic) bond motifs is 1. The van der Waals surface area contributed by atoms with E-state index < -0.39 is 0 Å². The van der Waals surface area contributed by atoms with Crippen LogP contribution in [0.2, 0.25) is 0 Å². The molecular formula is C23H19N5O. The fourth-order valence-corrected chi connectivity index (χ4v) is 3.38. The van der Waals surface area contributed by atoms with E-state index >= 15 is 0 Å². The number of anilines is 1. The standard InChI is InChI=1S/C23H19N5O/c1-3-7-17(8-4-1)16-29-20-13-11-19(12-14-20)22-15-21(18-9-5-2-6-10-18)24-23-25-26-27-28(22)23/h1-15,22H,16H2,(H,24,25,27)/t22-/m0/s1. The summed E-state index contributed by atoms with van der Waals surface area (Å²) in [5.41, 5.74) is 4.31. The van der Waals surface area contributed by atoms with Crippen molar-refractivity contribution in [2.24, 2.45) is 0 Å². The summed E-state index contributed by atoms with van der Waals surface area (Å²) < 4.78 is 7.69. The van der Waals surface area contributed by atoms with Crippen LogP contribution < -0.4 is 10.1 Å². The van der Waals surface area contributed by atoms with Crippen molar-refractivity contribution in [3.63, 3.8) is 0 Å². The van der Waals surface area contributed by atoms with Crippen molar-refractivity contribution in [1.82, 2.24) is 20.2 Å². The van der Waals surface area contributed by atoms with E-state index in [4.69, 9.17) is 4.74 Å². The Morgan fingerprint density at radius 3 is 2.34 bits per heavy atom. The van der Waals surface area contributed by atoms with E-state index in [2.05, 4.69) is 63.3 Å². The Labute approximate surface area is 168 Å². The normalized spacial score (nSPS) is 15.2. The molecule has 0 saturated heterocycles. The van der Waals surface area contributed by atoms with Gasteiger partial charge < -0.3 is 10.1 Å². The van der Waals surface area contributed by atoms with Crippen LogP contribution >= 0.6 is 0 Å². The Morgan fingerprint density at radius 2 is 1.59 bits per heavy atom. The molecule has 29 heavy (non-hydrogen) atoms. The van der Waals surface area contributed by atoms with E-state index in [-0.39, 0.29) is 6.04 Å². The molecule has 1 atom stereocenters. The third kappa shape index (κ3) is 3.60. The van der Waals surface area contributed by atoms with Crippen molar-refractivity contribution in [3.8, 4) is 5.75 Å². The predicted octanol–water partition coefficient (Wildman–Crippen LogP) is 4.31. The molecule has 3 aromatic carbocycles. The number of allylic oxidation sites excluding steroid dienone is 1. The molecule has 0 aliphatic carbocycles. The first-order chi connectivity index (χ1) is 14.4. The monoisotopic (exact) mass is 381 g/mol. The third-order valence-electron chi connectivity index (χ3n) is 4.88. The first-order valence-corrected chi connectivity index (χ1v) is 9.46. The summed E-state index contributed by atoms with van der Waals surface area (Å²) in [5, 5.41) is 15.4. The highest BCUT2D eigenvalue weighted by molar-refractivity contribution is 5.76. The molecule has 0 fully saturated rings. The largest absolute Gasteiger partial charge is 0.489 e. The molecule has 1 N–H and O–H groups in total. The van der Waals surface area contributed by atoms with Crippen LogP contribution in [0.1, 0.15) is 22.7 Å². The highest BCUT2D eigenvalue weighted by atomic mass is 16.5. The number of hydrogen-bond donors (Lipinski definition) is 1. The molecule has 142 valence electrons. The summed E-state index contributed by atoms with van der Waals surface area (Å²) in [7, 11) is 0. The van der Waals surface area contributed by atoms with Gasteiger partial charge in [0.25, 0.3) is 0 Å². The maximum atomic E-state index is 5.90. The van der Waals surface area contributed by atoms with Crippen LogP contribution in [-0.2, 0) is 6.61 Å². The molecule has 0 saturated carbocycles. The molecule has 6 nitrogen and oxygen atoms in total. The summed E-state index contributed by atoms with van der Waals surface area (Å²) in [5.74, 6) is 1.46. The lowest BCUT2D eigenvalue weighted by Gasteiger charge is -2.23. The smallest absolute Gasteiger partial charge is 0.248 e. The van der Waals surface area contributed by atoms with Gasteiger partial charge in [-0.1, -0.05) is 77.9 Å². The number of rotatable bonds is 5. The second-order valence-electron chi connectivity index (χ2n) is 6.81. The summed E-state index contributed by atoms with van der Waals surface area (Å²) in [6.45, 7) is 0.544. The molecule has 1 aliphatic heterocycles. The van der Waals surface area contributed by atoms with Gasteiger partial charge >= 0.3 is 0 Å². The van der Waals surface area contributed by atoms with Crippen molar-refractivity contribution in [3.05, 3.63) is 108 Å². The van der Waals surface area contributed by atoms with Crippen LogP contribution in [0.4, 0.5) is 5.95 Å². The van der Waals surface area contributed by atoms with Gasteiger partial charge in [0, 0.05) is 5.70 Å². The van der Waals surface area contributed by atoms with E-state index in [0.717, 1.165) is 28.1 Å². The van der Waals surface area contributed by atoms with Gasteiger partial charge in [0.2, 0.25) is 5.95 Å². The molecular weight excluding hydrogens is 362 g/mol. The Bertz CT molecular complexity index is 1120. The minimum absolute atomic E-state index is 0.0976. The van der Waals surface area contributed by atoms with E-state index in [1.165, 1.54) is 0 Å². The average molecular weight is 381 g/mol. The van der Waals surface area contributed by atoms with Crippen molar-refractivity contribution >= 4 is 11.6 Å². The average Bonchev–Trinajstić information content (AvgIpc) is 3.28. The highest BCUT2D eigenvalue weighted by Gasteiger charge is 2.24. The van der Waals surface area contributed by atoms with E-state index in [0.29, 0.717) is 12.6 Å². The lowest BCUT2D eigenvalue weighted by atomic mass is 10.0. The van der Waals surface area contributed by atoms with E-state index in [9.17, 15) is 0 Å². The van der Waals surface area contributed by atoms with Crippen LogP contribution in [0, 0.1) is 0 Å². The van der Waals surface area contributed by atoms with E-state index in [1.54, 1.807) is 4.68 Å². The molecule has 1 aliphatic rings. The van der Waals surface area contributed by atoms with Crippen LogP contribution in [0.3, 0.4) is 0 Å². The van der Waals surface area contributed by atoms with Crippen LogP contribution in [0.25, 0.3) is 5.70 Å². The van der Waals surface area contributed by atoms with Crippen LogP contribution in [0.5, 0.6) is 5.75 Å². The minimum Gasteiger partial charge on any atom is -0.489 e. The fraction of sp³-hybridized carbons (Fsp3) is 0.0870. The quantitative estimate of drug-likeness (QED) is 0.558. The van der Waals surface area contributed by atoms with Crippen molar-refractivity contribution < 1.29 is 4.74 Å². The molecule has 1 aromatic heterocycles. The number of aromatic nitrogens is 4. The molecule has 0 spiro atoms. The maximum Gasteiger partial charge on any atom is 0.248 e. The second-order valence-corrected chi connectivity index (χ2v) is 6.81. The zero-order valence-corrected chi connectivity index (χ0v) is 15.6. The van der Waals surface area contributed by atoms with Gasteiger partial charge in [-0.15, -0.1) is 0 Å². The van der Waals surface area contributed by atoms with Crippen LogP contribution in [-0.4, -0.2) is 20.2 Å². The van der Waals surface area contributed by atoms with Gasteiger partial charge in [0.05, 0.1) is 0 Å². The lowest BCUT2D eigenvalue weighted by molar-refractivity contribution is 0.306. The number of nitrogens with zero attached hydrogens (tertiary/aromatic N) is 4. The SMILES string of the molecule is C1=C(c2ccccc2)Nc2nnnn2[C@@H]1c1ccc(OCc2ccccc2)cc1. The van der Waals surface area contributed by atoms with Crippen LogP contribution in [0.15, 0.2) is 91.0 Å².